The van der Waals surface area contributed by atoms with Gasteiger partial charge in [0.05, 0.1) is 16.6 Å². The second-order valence-corrected chi connectivity index (χ2v) is 7.18. The minimum Gasteiger partial charge on any atom is -0.481 e. The lowest BCUT2D eigenvalue weighted by Crippen LogP contribution is -2.26. The fourth-order valence-electron chi connectivity index (χ4n) is 2.79. The lowest BCUT2D eigenvalue weighted by Gasteiger charge is -2.22. The number of hydrogen-bond donors (Lipinski definition) is 3. The van der Waals surface area contributed by atoms with Crippen molar-refractivity contribution in [3.8, 4) is 0 Å². The number of aromatic nitrogens is 1. The molecule has 3 N–H and O–H groups in total. The Bertz CT molecular complexity index is 951. The number of nitrogens with one attached hydrogen (secondary N) is 2. The average Bonchev–Trinajstić information content (AvgIpc) is 3.10. The van der Waals surface area contributed by atoms with Gasteiger partial charge in [0.2, 0.25) is 6.41 Å². The number of aliphatic carboxylic acids is 1. The summed E-state index contributed by atoms with van der Waals surface area (Å²) >= 11 is 1.44. The fraction of sp³-hybridized carbons (Fsp3) is 0.350. The average molecular weight is 417 g/mol. The Kier molecular flexibility index (Phi) is 8.02. The number of nitrogens with zero attached hydrogens (tertiary/aromatic N) is 2. The molecule has 0 fully saturated rings. The molecule has 0 spiro atoms. The zero-order chi connectivity index (χ0) is 21.4. The first kappa shape index (κ1) is 22.2. The molecule has 1 aliphatic rings. The van der Waals surface area contributed by atoms with Gasteiger partial charge in [0.1, 0.15) is 11.4 Å². The summed E-state index contributed by atoms with van der Waals surface area (Å²) in [6.45, 7) is 5.32. The summed E-state index contributed by atoms with van der Waals surface area (Å²) in [7, 11) is 0. The van der Waals surface area contributed by atoms with Crippen molar-refractivity contribution < 1.29 is 19.4 Å². The van der Waals surface area contributed by atoms with Crippen LogP contribution in [0.15, 0.2) is 24.3 Å². The SMILES string of the molecule is CC.N=C(CC(=O)O)OC(=N)Cc1nc2ccc(C3=CCN(C=O)CC3)cc2s1. The number of carbonyl (C=O) groups excluding carboxylic acids is 1. The molecule has 29 heavy (non-hydrogen) atoms. The van der Waals surface area contributed by atoms with Gasteiger partial charge in [-0.3, -0.25) is 20.4 Å². The number of fused-ring (bicyclic) bond motifs is 1. The van der Waals surface area contributed by atoms with Crippen molar-refractivity contribution in [1.29, 1.82) is 10.8 Å². The predicted octanol–water partition coefficient (Wildman–Crippen LogP) is 3.56. The number of hydrogen-bond acceptors (Lipinski definition) is 7. The number of ether oxygens (including phenoxy) is 1. The van der Waals surface area contributed by atoms with Gasteiger partial charge in [-0.05, 0) is 29.7 Å². The highest BCUT2D eigenvalue weighted by atomic mass is 32.1. The molecule has 154 valence electrons. The van der Waals surface area contributed by atoms with E-state index in [0.717, 1.165) is 28.6 Å². The monoisotopic (exact) mass is 416 g/mol. The molecule has 1 aliphatic heterocycles. The number of benzene rings is 1. The maximum Gasteiger partial charge on any atom is 0.312 e. The third-order valence-electron chi connectivity index (χ3n) is 4.06. The molecule has 0 radical (unpaired) electrons. The summed E-state index contributed by atoms with van der Waals surface area (Å²) in [5.41, 5.74) is 3.11. The van der Waals surface area contributed by atoms with Crippen LogP contribution in [0.5, 0.6) is 0 Å². The molecule has 0 unspecified atom stereocenters. The highest BCUT2D eigenvalue weighted by Gasteiger charge is 2.14. The number of rotatable bonds is 6. The maximum atomic E-state index is 10.8. The summed E-state index contributed by atoms with van der Waals surface area (Å²) < 4.78 is 5.89. The highest BCUT2D eigenvalue weighted by Crippen LogP contribution is 2.29. The molecule has 0 bridgehead atoms. The number of amides is 1. The van der Waals surface area contributed by atoms with Crippen LogP contribution in [-0.4, -0.2) is 52.3 Å². The van der Waals surface area contributed by atoms with Crippen LogP contribution in [0.1, 0.15) is 37.3 Å². The van der Waals surface area contributed by atoms with E-state index >= 15 is 0 Å². The lowest BCUT2D eigenvalue weighted by atomic mass is 10.00. The van der Waals surface area contributed by atoms with Gasteiger partial charge in [-0.15, -0.1) is 11.3 Å². The first-order valence-corrected chi connectivity index (χ1v) is 10.1. The predicted molar refractivity (Wildman–Crippen MR) is 114 cm³/mol. The van der Waals surface area contributed by atoms with E-state index in [0.29, 0.717) is 18.1 Å². The van der Waals surface area contributed by atoms with Crippen LogP contribution in [0.3, 0.4) is 0 Å². The van der Waals surface area contributed by atoms with Crippen LogP contribution >= 0.6 is 11.3 Å². The van der Waals surface area contributed by atoms with Gasteiger partial charge >= 0.3 is 5.97 Å². The zero-order valence-electron chi connectivity index (χ0n) is 16.4. The van der Waals surface area contributed by atoms with Gasteiger partial charge in [0.15, 0.2) is 11.8 Å². The lowest BCUT2D eigenvalue weighted by molar-refractivity contribution is -0.135. The zero-order valence-corrected chi connectivity index (χ0v) is 17.2. The standard InChI is InChI=1S/C18H18N4O4S.C2H6/c19-15(26-16(20)9-18(24)25)8-17-21-13-2-1-12(7-14(13)27-17)11-3-5-22(10-23)6-4-11;1-2/h1-3,7,10,19-20H,4-6,8-9H2,(H,24,25);1-2H3. The van der Waals surface area contributed by atoms with E-state index in [2.05, 4.69) is 17.1 Å². The Morgan fingerprint density at radius 2 is 2.10 bits per heavy atom. The van der Waals surface area contributed by atoms with E-state index in [1.165, 1.54) is 16.9 Å². The van der Waals surface area contributed by atoms with Crippen molar-refractivity contribution >= 4 is 51.3 Å². The van der Waals surface area contributed by atoms with E-state index in [-0.39, 0.29) is 12.3 Å². The smallest absolute Gasteiger partial charge is 0.312 e. The summed E-state index contributed by atoms with van der Waals surface area (Å²) in [4.78, 5) is 27.5. The molecule has 8 nitrogen and oxygen atoms in total. The third kappa shape index (κ3) is 6.21. The van der Waals surface area contributed by atoms with Crippen molar-refractivity contribution in [1.82, 2.24) is 9.88 Å². The number of carbonyl (C=O) groups is 2. The molecule has 2 aromatic rings. The highest BCUT2D eigenvalue weighted by molar-refractivity contribution is 7.18. The largest absolute Gasteiger partial charge is 0.481 e. The van der Waals surface area contributed by atoms with Crippen molar-refractivity contribution in [2.24, 2.45) is 0 Å². The van der Waals surface area contributed by atoms with Crippen molar-refractivity contribution in [3.05, 3.63) is 34.8 Å². The summed E-state index contributed by atoms with van der Waals surface area (Å²) in [5.74, 6) is -1.84. The Morgan fingerprint density at radius 1 is 1.34 bits per heavy atom. The van der Waals surface area contributed by atoms with Crippen molar-refractivity contribution in [3.63, 3.8) is 0 Å². The van der Waals surface area contributed by atoms with E-state index in [4.69, 9.17) is 20.7 Å². The van der Waals surface area contributed by atoms with Crippen molar-refractivity contribution in [2.45, 2.75) is 33.1 Å². The van der Waals surface area contributed by atoms with Crippen LogP contribution in [0.4, 0.5) is 0 Å². The van der Waals surface area contributed by atoms with Crippen LogP contribution in [0, 0.1) is 10.8 Å². The topological polar surface area (TPSA) is 127 Å². The molecule has 0 atom stereocenters. The van der Waals surface area contributed by atoms with E-state index in [1.54, 1.807) is 4.90 Å². The molecule has 0 saturated heterocycles. The van der Waals surface area contributed by atoms with E-state index < -0.39 is 18.3 Å². The minimum atomic E-state index is -1.17. The molecule has 1 amide bonds. The van der Waals surface area contributed by atoms with Gasteiger partial charge in [0.25, 0.3) is 0 Å². The summed E-state index contributed by atoms with van der Waals surface area (Å²) in [6, 6.07) is 5.98. The molecular weight excluding hydrogens is 392 g/mol. The van der Waals surface area contributed by atoms with E-state index in [9.17, 15) is 9.59 Å². The quantitative estimate of drug-likeness (QED) is 0.377. The van der Waals surface area contributed by atoms with Gasteiger partial charge in [-0.25, -0.2) is 4.98 Å². The van der Waals surface area contributed by atoms with Gasteiger partial charge in [-0.2, -0.15) is 0 Å². The third-order valence-corrected chi connectivity index (χ3v) is 5.08. The van der Waals surface area contributed by atoms with Crippen LogP contribution in [0.2, 0.25) is 0 Å². The van der Waals surface area contributed by atoms with Gasteiger partial charge in [-0.1, -0.05) is 26.0 Å². The number of carboxylic acids is 1. The van der Waals surface area contributed by atoms with Crippen LogP contribution < -0.4 is 0 Å². The molecule has 9 heteroatoms. The first-order chi connectivity index (χ1) is 13.9. The summed E-state index contributed by atoms with van der Waals surface area (Å²) in [5, 5.41) is 24.5. The molecule has 0 saturated carbocycles. The Morgan fingerprint density at radius 3 is 2.72 bits per heavy atom. The Hall–Kier alpha value is -3.07. The normalized spacial score (nSPS) is 13.2. The maximum absolute atomic E-state index is 10.8. The number of carboxylic acid groups (broad SMARTS) is 1. The molecule has 2 heterocycles. The van der Waals surface area contributed by atoms with Crippen LogP contribution in [0.25, 0.3) is 15.8 Å². The Labute approximate surface area is 172 Å². The molecular formula is C20H24N4O4S. The van der Waals surface area contributed by atoms with Gasteiger partial charge in [0, 0.05) is 13.1 Å². The molecule has 1 aromatic heterocycles. The number of thiazole rings is 1. The second kappa shape index (κ2) is 10.5. The van der Waals surface area contributed by atoms with Crippen LogP contribution in [-0.2, 0) is 20.7 Å². The minimum absolute atomic E-state index is 0.105. The molecule has 1 aromatic carbocycles. The summed E-state index contributed by atoms with van der Waals surface area (Å²) in [6.07, 6.45) is 3.27. The second-order valence-electron chi connectivity index (χ2n) is 6.07. The Balaban J connectivity index is 0.00000145. The van der Waals surface area contributed by atoms with Crippen molar-refractivity contribution in [2.75, 3.05) is 13.1 Å². The molecule has 3 rings (SSSR count). The fourth-order valence-corrected chi connectivity index (χ4v) is 3.79. The van der Waals surface area contributed by atoms with Gasteiger partial charge < -0.3 is 14.7 Å². The van der Waals surface area contributed by atoms with E-state index in [1.807, 2.05) is 26.0 Å². The molecule has 0 aliphatic carbocycles. The first-order valence-electron chi connectivity index (χ1n) is 9.27.